The zero-order chi connectivity index (χ0) is 30.8. The van der Waals surface area contributed by atoms with Gasteiger partial charge in [0.05, 0.1) is 27.6 Å². The Morgan fingerprint density at radius 1 is 1.12 bits per heavy atom. The van der Waals surface area contributed by atoms with Crippen molar-refractivity contribution >= 4 is 38.8 Å². The Kier molecular flexibility index (Phi) is 11.2. The number of rotatable bonds is 11. The number of thioether (sulfide) groups is 1. The first-order chi connectivity index (χ1) is 19.7. The number of carbonyl (C=O) groups is 1. The average molecular weight is 646 g/mol. The molecule has 0 saturated carbocycles. The number of aromatic nitrogens is 3. The predicted octanol–water partition coefficient (Wildman–Crippen LogP) is 1.77. The second kappa shape index (κ2) is 13.9. The van der Waals surface area contributed by atoms with Gasteiger partial charge in [-0.3, -0.25) is 4.98 Å². The maximum absolute atomic E-state index is 14.4. The maximum Gasteiger partial charge on any atom is 1.00 e. The standard InChI is InChI=1S/C28H28F3N3O6S2.Na/c1-16(2)20-12-19(39-13-25(35)36)11-17(3)26(20)42(37,38)34-23-8-6-5-7-21(23)33-27(34)41-14-22-18(4)24(9-10-32-22)40-15-28(29,30)31;/h5-12,16H,13-15H2,1-4H3,(H,35,36);/q;+1/p-1. The minimum atomic E-state index is -4.51. The van der Waals surface area contributed by atoms with Crippen LogP contribution in [0.1, 0.15) is 42.1 Å². The fourth-order valence-corrected chi connectivity index (χ4v) is 7.61. The molecule has 2 aromatic carbocycles. The summed E-state index contributed by atoms with van der Waals surface area (Å²) in [4.78, 5) is 19.7. The van der Waals surface area contributed by atoms with Gasteiger partial charge in [0.2, 0.25) is 0 Å². The SMILES string of the molecule is Cc1cc(OCC(=O)[O-])cc(C(C)C)c1S(=O)(=O)n1c(SCc2nccc(OCC(F)(F)F)c2C)nc2ccccc21.[Na+]. The van der Waals surface area contributed by atoms with E-state index in [1.165, 1.54) is 24.4 Å². The van der Waals surface area contributed by atoms with Gasteiger partial charge < -0.3 is 19.4 Å². The Morgan fingerprint density at radius 2 is 1.81 bits per heavy atom. The first-order valence-electron chi connectivity index (χ1n) is 12.7. The van der Waals surface area contributed by atoms with Crippen molar-refractivity contribution < 1.29 is 70.5 Å². The Labute approximate surface area is 273 Å². The van der Waals surface area contributed by atoms with E-state index >= 15 is 0 Å². The predicted molar refractivity (Wildman–Crippen MR) is 148 cm³/mol. The molecule has 4 rings (SSSR count). The van der Waals surface area contributed by atoms with E-state index in [-0.39, 0.29) is 62.8 Å². The number of benzene rings is 2. The number of carbonyl (C=O) groups excluding carboxylic acids is 1. The molecule has 0 fully saturated rings. The smallest absolute Gasteiger partial charge is 0.546 e. The number of halogens is 3. The van der Waals surface area contributed by atoms with Gasteiger partial charge in [0.15, 0.2) is 11.8 Å². The zero-order valence-electron chi connectivity index (χ0n) is 24.1. The van der Waals surface area contributed by atoms with Crippen LogP contribution in [-0.4, -0.2) is 47.7 Å². The number of para-hydroxylation sites is 2. The molecule has 0 radical (unpaired) electrons. The number of hydrogen-bond acceptors (Lipinski definition) is 9. The topological polar surface area (TPSA) is 123 Å². The average Bonchev–Trinajstić information content (AvgIpc) is 3.29. The summed E-state index contributed by atoms with van der Waals surface area (Å²) in [6.07, 6.45) is -3.18. The fraction of sp³-hybridized carbons (Fsp3) is 0.321. The van der Waals surface area contributed by atoms with Crippen molar-refractivity contribution in [2.45, 2.75) is 55.6 Å². The molecule has 0 atom stereocenters. The van der Waals surface area contributed by atoms with E-state index in [0.717, 1.165) is 15.7 Å². The fourth-order valence-electron chi connectivity index (χ4n) is 4.32. The number of nitrogens with zero attached hydrogens (tertiary/aromatic N) is 3. The van der Waals surface area contributed by atoms with Crippen molar-refractivity contribution in [3.63, 3.8) is 0 Å². The van der Waals surface area contributed by atoms with Crippen molar-refractivity contribution in [2.75, 3.05) is 13.2 Å². The molecule has 224 valence electrons. The van der Waals surface area contributed by atoms with Crippen LogP contribution in [0.25, 0.3) is 11.0 Å². The molecule has 2 aromatic heterocycles. The van der Waals surface area contributed by atoms with E-state index in [1.807, 2.05) is 0 Å². The van der Waals surface area contributed by atoms with Gasteiger partial charge in [-0.2, -0.15) is 13.2 Å². The molecule has 0 aliphatic carbocycles. The van der Waals surface area contributed by atoms with Crippen molar-refractivity contribution in [3.05, 3.63) is 71.0 Å². The van der Waals surface area contributed by atoms with Gasteiger partial charge in [0.1, 0.15) is 18.1 Å². The molecular formula is C28H27F3N3NaO6S2. The number of fused-ring (bicyclic) bond motifs is 1. The molecule has 0 bridgehead atoms. The van der Waals surface area contributed by atoms with Gasteiger partial charge in [-0.15, -0.1) is 0 Å². The van der Waals surface area contributed by atoms with Crippen LogP contribution >= 0.6 is 11.8 Å². The van der Waals surface area contributed by atoms with E-state index in [4.69, 9.17) is 9.47 Å². The van der Waals surface area contributed by atoms with Crippen LogP contribution in [0.5, 0.6) is 11.5 Å². The number of aryl methyl sites for hydroxylation is 1. The van der Waals surface area contributed by atoms with E-state index in [1.54, 1.807) is 52.0 Å². The third-order valence-corrected chi connectivity index (χ3v) is 9.22. The van der Waals surface area contributed by atoms with Crippen LogP contribution in [0, 0.1) is 13.8 Å². The molecule has 0 spiro atoms. The first-order valence-corrected chi connectivity index (χ1v) is 15.1. The van der Waals surface area contributed by atoms with Crippen molar-refractivity contribution in [3.8, 4) is 11.5 Å². The van der Waals surface area contributed by atoms with E-state index in [2.05, 4.69) is 9.97 Å². The summed E-state index contributed by atoms with van der Waals surface area (Å²) in [5.41, 5.74) is 2.32. The normalized spacial score (nSPS) is 11.9. The van der Waals surface area contributed by atoms with Crippen LogP contribution in [-0.2, 0) is 20.6 Å². The molecule has 0 unspecified atom stereocenters. The Hall–Kier alpha value is -2.78. The number of carboxylic acid groups (broad SMARTS) is 1. The van der Waals surface area contributed by atoms with Crippen molar-refractivity contribution in [1.82, 2.24) is 13.9 Å². The third-order valence-electron chi connectivity index (χ3n) is 6.23. The van der Waals surface area contributed by atoms with E-state index in [0.29, 0.717) is 33.4 Å². The quantitative estimate of drug-likeness (QED) is 0.177. The van der Waals surface area contributed by atoms with Gasteiger partial charge in [-0.1, -0.05) is 37.7 Å². The van der Waals surface area contributed by atoms with Crippen LogP contribution < -0.4 is 44.1 Å². The van der Waals surface area contributed by atoms with Crippen LogP contribution in [0.4, 0.5) is 13.2 Å². The number of alkyl halides is 3. The summed E-state index contributed by atoms with van der Waals surface area (Å²) in [5.74, 6) is -1.38. The Bertz CT molecular complexity index is 1740. The zero-order valence-corrected chi connectivity index (χ0v) is 27.7. The number of imidazole rings is 1. The second-order valence-corrected chi connectivity index (χ2v) is 12.4. The van der Waals surface area contributed by atoms with Gasteiger partial charge in [0.25, 0.3) is 10.0 Å². The second-order valence-electron chi connectivity index (χ2n) is 9.70. The van der Waals surface area contributed by atoms with Gasteiger partial charge in [0, 0.05) is 17.5 Å². The van der Waals surface area contributed by atoms with Crippen LogP contribution in [0.3, 0.4) is 0 Å². The number of carboxylic acids is 1. The number of hydrogen-bond donors (Lipinski definition) is 0. The summed E-state index contributed by atoms with van der Waals surface area (Å²) in [7, 11) is -4.28. The number of pyridine rings is 1. The number of aliphatic carboxylic acids is 1. The van der Waals surface area contributed by atoms with Gasteiger partial charge in [-0.05, 0) is 61.2 Å². The molecule has 15 heteroatoms. The molecule has 43 heavy (non-hydrogen) atoms. The van der Waals surface area contributed by atoms with Crippen molar-refractivity contribution in [2.24, 2.45) is 0 Å². The Balaban J connectivity index is 0.00000506. The summed E-state index contributed by atoms with van der Waals surface area (Å²) >= 11 is 1.06. The molecule has 9 nitrogen and oxygen atoms in total. The Morgan fingerprint density at radius 3 is 2.47 bits per heavy atom. The summed E-state index contributed by atoms with van der Waals surface area (Å²) in [5, 5.41) is 11.0. The van der Waals surface area contributed by atoms with Gasteiger partial charge in [-0.25, -0.2) is 17.4 Å². The monoisotopic (exact) mass is 645 g/mol. The molecule has 0 aliphatic rings. The molecule has 4 aromatic rings. The molecule has 2 heterocycles. The molecule has 0 amide bonds. The van der Waals surface area contributed by atoms with Crippen LogP contribution in [0.2, 0.25) is 0 Å². The maximum atomic E-state index is 14.4. The summed E-state index contributed by atoms with van der Waals surface area (Å²) in [6.45, 7) is 4.65. The molecule has 0 N–H and O–H groups in total. The third kappa shape index (κ3) is 8.04. The van der Waals surface area contributed by atoms with E-state index in [9.17, 15) is 31.5 Å². The minimum absolute atomic E-state index is 0. The minimum Gasteiger partial charge on any atom is -0.546 e. The largest absolute Gasteiger partial charge is 1.00 e. The molecule has 0 saturated heterocycles. The van der Waals surface area contributed by atoms with Crippen LogP contribution in [0.15, 0.2) is 58.7 Å². The molecule has 0 aliphatic heterocycles. The number of ether oxygens (including phenoxy) is 2. The molecular weight excluding hydrogens is 618 g/mol. The van der Waals surface area contributed by atoms with E-state index < -0.39 is 35.4 Å². The first kappa shape index (κ1) is 34.7. The van der Waals surface area contributed by atoms with Crippen molar-refractivity contribution in [1.29, 1.82) is 0 Å². The van der Waals surface area contributed by atoms with Gasteiger partial charge >= 0.3 is 35.7 Å². The summed E-state index contributed by atoms with van der Waals surface area (Å²) < 4.78 is 78.2. The summed E-state index contributed by atoms with van der Waals surface area (Å²) in [6, 6.07) is 11.0.